The molecule has 1 amide bonds. The molecule has 3 rings (SSSR count). The molecule has 162 valence electrons. The molecule has 7 nitrogen and oxygen atoms in total. The van der Waals surface area contributed by atoms with Gasteiger partial charge in [-0.15, -0.1) is 11.8 Å². The van der Waals surface area contributed by atoms with Crippen LogP contribution in [0.15, 0.2) is 59.6 Å². The number of anilines is 2. The summed E-state index contributed by atoms with van der Waals surface area (Å²) in [5.41, 5.74) is 9.52. The van der Waals surface area contributed by atoms with Crippen LogP contribution in [0, 0.1) is 6.92 Å². The van der Waals surface area contributed by atoms with Gasteiger partial charge in [0.05, 0.1) is 24.0 Å². The highest BCUT2D eigenvalue weighted by atomic mass is 32.2. The molecular formula is C22H25N4O3PS. The van der Waals surface area contributed by atoms with Crippen LogP contribution in [0.25, 0.3) is 11.3 Å². The largest absolute Gasteiger partial charge is 0.382 e. The van der Waals surface area contributed by atoms with Crippen LogP contribution in [0.3, 0.4) is 0 Å². The van der Waals surface area contributed by atoms with Crippen LogP contribution >= 0.6 is 19.1 Å². The number of thioether (sulfide) groups is 1. The number of nitrogen functional groups attached to an aromatic ring is 1. The van der Waals surface area contributed by atoms with Crippen LogP contribution in [0.4, 0.5) is 11.5 Å². The molecule has 0 aliphatic rings. The third-order valence-corrected chi connectivity index (χ3v) is 8.15. The first-order valence-corrected chi connectivity index (χ1v) is 13.0. The van der Waals surface area contributed by atoms with Crippen molar-refractivity contribution in [3.05, 3.63) is 66.0 Å². The average Bonchev–Trinajstić information content (AvgIpc) is 2.74. The van der Waals surface area contributed by atoms with Gasteiger partial charge in [-0.05, 0) is 38.1 Å². The summed E-state index contributed by atoms with van der Waals surface area (Å²) < 4.78 is 17.5. The van der Waals surface area contributed by atoms with Crippen molar-refractivity contribution in [3.63, 3.8) is 0 Å². The van der Waals surface area contributed by atoms with E-state index in [4.69, 9.17) is 10.3 Å². The van der Waals surface area contributed by atoms with E-state index in [0.29, 0.717) is 23.5 Å². The van der Waals surface area contributed by atoms with Crippen molar-refractivity contribution < 1.29 is 13.9 Å². The van der Waals surface area contributed by atoms with Crippen LogP contribution in [0.5, 0.6) is 0 Å². The van der Waals surface area contributed by atoms with Gasteiger partial charge in [-0.2, -0.15) is 0 Å². The number of aryl methyl sites for hydroxylation is 1. The van der Waals surface area contributed by atoms with E-state index in [9.17, 15) is 9.36 Å². The first-order valence-electron chi connectivity index (χ1n) is 9.72. The second-order valence-electron chi connectivity index (χ2n) is 7.04. The summed E-state index contributed by atoms with van der Waals surface area (Å²) >= 11 is 1.45. The van der Waals surface area contributed by atoms with E-state index in [-0.39, 0.29) is 11.5 Å². The minimum atomic E-state index is -2.61. The van der Waals surface area contributed by atoms with Gasteiger partial charge in [0.1, 0.15) is 0 Å². The zero-order chi connectivity index (χ0) is 22.4. The van der Waals surface area contributed by atoms with Gasteiger partial charge in [0.25, 0.3) is 5.91 Å². The van der Waals surface area contributed by atoms with E-state index in [1.165, 1.54) is 11.8 Å². The molecule has 1 heterocycles. The number of hydrogen-bond donors (Lipinski definition) is 2. The number of benzene rings is 2. The Morgan fingerprint density at radius 2 is 1.84 bits per heavy atom. The highest BCUT2D eigenvalue weighted by Crippen LogP contribution is 2.47. The highest BCUT2D eigenvalue weighted by Gasteiger charge is 2.17. The van der Waals surface area contributed by atoms with Crippen molar-refractivity contribution in [2.75, 3.05) is 29.8 Å². The molecule has 0 aliphatic carbocycles. The maximum atomic E-state index is 12.7. The topological polar surface area (TPSA) is 107 Å². The number of carbonyl (C=O) groups excluding carboxylic acids is 1. The molecule has 31 heavy (non-hydrogen) atoms. The summed E-state index contributed by atoms with van der Waals surface area (Å²) in [4.78, 5) is 22.2. The predicted octanol–water partition coefficient (Wildman–Crippen LogP) is 5.28. The number of hydrogen-bond acceptors (Lipinski definition) is 7. The lowest BCUT2D eigenvalue weighted by Crippen LogP contribution is -2.17. The highest BCUT2D eigenvalue weighted by molar-refractivity contribution is 8.05. The van der Waals surface area contributed by atoms with Crippen LogP contribution < -0.4 is 11.1 Å². The van der Waals surface area contributed by atoms with Crippen molar-refractivity contribution in [3.8, 4) is 11.3 Å². The van der Waals surface area contributed by atoms with Gasteiger partial charge in [0.15, 0.2) is 11.5 Å². The van der Waals surface area contributed by atoms with E-state index >= 15 is 0 Å². The Morgan fingerprint density at radius 1 is 1.16 bits per heavy atom. The third kappa shape index (κ3) is 6.40. The lowest BCUT2D eigenvalue weighted by Gasteiger charge is -2.12. The second kappa shape index (κ2) is 10.1. The molecule has 0 aliphatic heterocycles. The van der Waals surface area contributed by atoms with E-state index in [1.54, 1.807) is 25.0 Å². The van der Waals surface area contributed by atoms with Gasteiger partial charge in [0, 0.05) is 22.8 Å². The monoisotopic (exact) mass is 456 g/mol. The van der Waals surface area contributed by atoms with Crippen molar-refractivity contribution in [2.45, 2.75) is 18.7 Å². The van der Waals surface area contributed by atoms with Crippen molar-refractivity contribution in [2.24, 2.45) is 0 Å². The number of nitrogens with one attached hydrogen (secondary N) is 1. The van der Waals surface area contributed by atoms with Crippen molar-refractivity contribution >= 4 is 36.5 Å². The summed E-state index contributed by atoms with van der Waals surface area (Å²) in [5.74, 6) is -0.371. The Balaban J connectivity index is 1.69. The van der Waals surface area contributed by atoms with Gasteiger partial charge < -0.3 is 15.6 Å². The van der Waals surface area contributed by atoms with Gasteiger partial charge in [-0.25, -0.2) is 9.97 Å². The molecular weight excluding hydrogens is 431 g/mol. The summed E-state index contributed by atoms with van der Waals surface area (Å²) in [5, 5.41) is 2.80. The lowest BCUT2D eigenvalue weighted by molar-refractivity contribution is 0.102. The lowest BCUT2D eigenvalue weighted by atomic mass is 10.1. The van der Waals surface area contributed by atoms with Crippen LogP contribution in [0.2, 0.25) is 0 Å². The fraction of sp³-hybridized carbons (Fsp3) is 0.227. The first kappa shape index (κ1) is 23.0. The minimum absolute atomic E-state index is 0.0650. The molecule has 1 unspecified atom stereocenters. The van der Waals surface area contributed by atoms with E-state index in [1.807, 2.05) is 50.2 Å². The molecule has 3 N–H and O–H groups in total. The molecule has 0 saturated carbocycles. The smallest absolute Gasteiger partial charge is 0.278 e. The fourth-order valence-corrected chi connectivity index (χ4v) is 5.46. The van der Waals surface area contributed by atoms with Crippen LogP contribution in [-0.2, 0) is 9.09 Å². The number of nitrogens with zero attached hydrogens (tertiary/aromatic N) is 2. The zero-order valence-corrected chi connectivity index (χ0v) is 19.4. The standard InChI is InChI=1S/C22H25N4O3PS/c1-4-29-30(3,28)14-31-18-11-9-17(10-12-18)25-22(27)20-21(23)24-13-19(26-20)16-7-5-15(2)6-8-16/h5-13H,4,14H2,1-3H3,(H2,23,24)(H,25,27). The van der Waals surface area contributed by atoms with Gasteiger partial charge in [0.2, 0.25) is 7.37 Å². The molecule has 0 saturated heterocycles. The van der Waals surface area contributed by atoms with Crippen LogP contribution in [-0.4, -0.2) is 34.6 Å². The molecule has 0 radical (unpaired) electrons. The Labute approximate surface area is 186 Å². The van der Waals surface area contributed by atoms with Gasteiger partial charge in [-0.3, -0.25) is 9.36 Å². The Kier molecular flexibility index (Phi) is 7.49. The predicted molar refractivity (Wildman–Crippen MR) is 127 cm³/mol. The maximum Gasteiger partial charge on any atom is 0.278 e. The quantitative estimate of drug-likeness (QED) is 0.351. The summed E-state index contributed by atoms with van der Waals surface area (Å²) in [6, 6.07) is 15.0. The summed E-state index contributed by atoms with van der Waals surface area (Å²) in [6.07, 6.45) is 1.55. The van der Waals surface area contributed by atoms with E-state index in [0.717, 1.165) is 16.0 Å². The van der Waals surface area contributed by atoms with Gasteiger partial charge in [-0.1, -0.05) is 29.8 Å². The molecule has 3 aromatic rings. The Hall–Kier alpha value is -2.67. The normalized spacial score (nSPS) is 12.9. The summed E-state index contributed by atoms with van der Waals surface area (Å²) in [6.45, 7) is 5.89. The van der Waals surface area contributed by atoms with Crippen molar-refractivity contribution in [1.29, 1.82) is 0 Å². The molecule has 1 atom stereocenters. The third-order valence-electron chi connectivity index (χ3n) is 4.34. The molecule has 1 aromatic heterocycles. The molecule has 0 spiro atoms. The van der Waals surface area contributed by atoms with E-state index in [2.05, 4.69) is 15.3 Å². The molecule has 0 fully saturated rings. The maximum absolute atomic E-state index is 12.7. The zero-order valence-electron chi connectivity index (χ0n) is 17.7. The molecule has 0 bridgehead atoms. The minimum Gasteiger partial charge on any atom is -0.382 e. The van der Waals surface area contributed by atoms with E-state index < -0.39 is 13.3 Å². The number of amides is 1. The van der Waals surface area contributed by atoms with Crippen LogP contribution in [0.1, 0.15) is 23.0 Å². The first-order chi connectivity index (χ1) is 14.8. The number of aromatic nitrogens is 2. The van der Waals surface area contributed by atoms with Crippen molar-refractivity contribution in [1.82, 2.24) is 9.97 Å². The fourth-order valence-electron chi connectivity index (χ4n) is 2.76. The second-order valence-corrected chi connectivity index (χ2v) is 11.1. The Morgan fingerprint density at radius 3 is 2.48 bits per heavy atom. The Bertz CT molecular complexity index is 1100. The average molecular weight is 457 g/mol. The molecule has 9 heteroatoms. The number of nitrogens with two attached hydrogens (primary N) is 1. The number of rotatable bonds is 8. The summed E-state index contributed by atoms with van der Waals surface area (Å²) in [7, 11) is -2.61. The SMILES string of the molecule is CCOP(C)(=O)CSc1ccc(NC(=O)c2nc(-c3ccc(C)cc3)cnc2N)cc1. The number of carbonyl (C=O) groups is 1. The van der Waals surface area contributed by atoms with Gasteiger partial charge >= 0.3 is 0 Å². The molecule has 2 aromatic carbocycles.